The number of rotatable bonds is 6. The number of benzene rings is 1. The summed E-state index contributed by atoms with van der Waals surface area (Å²) in [5.74, 6) is -3.63. The van der Waals surface area contributed by atoms with E-state index >= 15 is 0 Å². The van der Waals surface area contributed by atoms with Gasteiger partial charge in [0, 0.05) is 6.08 Å². The molecule has 2 aliphatic rings. The molecular weight excluding hydrogens is 332 g/mol. The van der Waals surface area contributed by atoms with E-state index in [-0.39, 0.29) is 18.2 Å². The third-order valence-electron chi connectivity index (χ3n) is 4.74. The second-order valence-corrected chi connectivity index (χ2v) is 6.47. The highest BCUT2D eigenvalue weighted by molar-refractivity contribution is 5.94. The second-order valence-electron chi connectivity index (χ2n) is 6.47. The Bertz CT molecular complexity index is 693. The first-order valence-electron chi connectivity index (χ1n) is 8.31. The summed E-state index contributed by atoms with van der Waals surface area (Å²) in [7, 11) is 0. The van der Waals surface area contributed by atoms with Crippen molar-refractivity contribution in [1.82, 2.24) is 4.90 Å². The van der Waals surface area contributed by atoms with E-state index in [9.17, 15) is 23.5 Å². The van der Waals surface area contributed by atoms with Gasteiger partial charge >= 0.3 is 5.97 Å². The predicted molar refractivity (Wildman–Crippen MR) is 84.8 cm³/mol. The highest BCUT2D eigenvalue weighted by Gasteiger charge is 2.36. The summed E-state index contributed by atoms with van der Waals surface area (Å²) in [5, 5.41) is 9.50. The molecule has 0 aromatic heterocycles. The molecule has 1 aromatic carbocycles. The third kappa shape index (κ3) is 3.81. The molecule has 0 saturated heterocycles. The minimum Gasteiger partial charge on any atom is -0.480 e. The number of para-hydroxylation sites is 1. The van der Waals surface area contributed by atoms with Gasteiger partial charge in [-0.25, -0.2) is 13.6 Å². The standard InChI is InChI=1S/C18H19F2NO4/c19-13-6-3-7-14(20)17(13)25-12-9-16(22)21(10-12)15(18(23)24)8-11-4-1-2-5-11/h3,6-7,9,11,15H,1-2,4-5,8,10H2,(H,23,24). The number of carboxylic acids is 1. The Hall–Kier alpha value is -2.44. The van der Waals surface area contributed by atoms with Crippen LogP contribution in [0.25, 0.3) is 0 Å². The van der Waals surface area contributed by atoms with E-state index in [0.29, 0.717) is 6.42 Å². The number of carbonyl (C=O) groups is 2. The number of nitrogens with zero attached hydrogens (tertiary/aromatic N) is 1. The molecular formula is C18H19F2NO4. The van der Waals surface area contributed by atoms with Gasteiger partial charge in [0.05, 0.1) is 6.54 Å². The van der Waals surface area contributed by atoms with E-state index in [0.717, 1.165) is 43.9 Å². The minimum atomic E-state index is -1.08. The zero-order valence-electron chi connectivity index (χ0n) is 13.6. The van der Waals surface area contributed by atoms with Gasteiger partial charge in [-0.2, -0.15) is 0 Å². The van der Waals surface area contributed by atoms with Gasteiger partial charge in [-0.15, -0.1) is 0 Å². The lowest BCUT2D eigenvalue weighted by molar-refractivity contribution is -0.148. The molecule has 134 valence electrons. The maximum absolute atomic E-state index is 13.7. The maximum atomic E-state index is 13.7. The molecule has 1 heterocycles. The highest BCUT2D eigenvalue weighted by atomic mass is 19.1. The molecule has 0 spiro atoms. The third-order valence-corrected chi connectivity index (χ3v) is 4.74. The van der Waals surface area contributed by atoms with Crippen LogP contribution in [-0.4, -0.2) is 34.5 Å². The lowest BCUT2D eigenvalue weighted by atomic mass is 9.97. The molecule has 1 saturated carbocycles. The van der Waals surface area contributed by atoms with Crippen LogP contribution in [0.1, 0.15) is 32.1 Å². The summed E-state index contributed by atoms with van der Waals surface area (Å²) in [6, 6.07) is 2.35. The van der Waals surface area contributed by atoms with Gasteiger partial charge < -0.3 is 14.7 Å². The first-order valence-corrected chi connectivity index (χ1v) is 8.31. The molecule has 1 fully saturated rings. The topological polar surface area (TPSA) is 66.8 Å². The molecule has 1 N–H and O–H groups in total. The molecule has 1 aliphatic carbocycles. The van der Waals surface area contributed by atoms with Crippen LogP contribution in [0.5, 0.6) is 5.75 Å². The normalized spacial score (nSPS) is 19.2. The van der Waals surface area contributed by atoms with Crippen LogP contribution in [0.15, 0.2) is 30.0 Å². The smallest absolute Gasteiger partial charge is 0.326 e. The van der Waals surface area contributed by atoms with Crippen molar-refractivity contribution >= 4 is 11.9 Å². The molecule has 0 radical (unpaired) electrons. The number of halogens is 2. The molecule has 1 aromatic rings. The van der Waals surface area contributed by atoms with Crippen molar-refractivity contribution in [3.05, 3.63) is 41.7 Å². The molecule has 0 bridgehead atoms. The fraction of sp³-hybridized carbons (Fsp3) is 0.444. The molecule has 1 aliphatic heterocycles. The molecule has 7 heteroatoms. The largest absolute Gasteiger partial charge is 0.480 e. The summed E-state index contributed by atoms with van der Waals surface area (Å²) in [5.41, 5.74) is 0. The Balaban J connectivity index is 1.71. The molecule has 25 heavy (non-hydrogen) atoms. The second kappa shape index (κ2) is 7.21. The van der Waals surface area contributed by atoms with Crippen LogP contribution in [0.2, 0.25) is 0 Å². The van der Waals surface area contributed by atoms with Crippen LogP contribution >= 0.6 is 0 Å². The molecule has 1 amide bonds. The van der Waals surface area contributed by atoms with Gasteiger partial charge in [0.1, 0.15) is 11.8 Å². The van der Waals surface area contributed by atoms with Crippen molar-refractivity contribution in [3.63, 3.8) is 0 Å². The monoisotopic (exact) mass is 351 g/mol. The van der Waals surface area contributed by atoms with Crippen molar-refractivity contribution < 1.29 is 28.2 Å². The van der Waals surface area contributed by atoms with Gasteiger partial charge in [-0.3, -0.25) is 4.79 Å². The van der Waals surface area contributed by atoms with Gasteiger partial charge in [0.15, 0.2) is 17.4 Å². The van der Waals surface area contributed by atoms with Crippen molar-refractivity contribution in [3.8, 4) is 5.75 Å². The van der Waals surface area contributed by atoms with Crippen molar-refractivity contribution in [2.75, 3.05) is 6.54 Å². The van der Waals surface area contributed by atoms with E-state index in [2.05, 4.69) is 0 Å². The average Bonchev–Trinajstić information content (AvgIpc) is 3.18. The SMILES string of the molecule is O=C(O)C(CC1CCCC1)N1CC(Oc2c(F)cccc2F)=CC1=O. The number of amides is 1. The molecule has 1 unspecified atom stereocenters. The Kier molecular flexibility index (Phi) is 5.01. The number of hydrogen-bond donors (Lipinski definition) is 1. The van der Waals surface area contributed by atoms with Crippen LogP contribution in [0.4, 0.5) is 8.78 Å². The van der Waals surface area contributed by atoms with Crippen LogP contribution in [-0.2, 0) is 9.59 Å². The predicted octanol–water partition coefficient (Wildman–Crippen LogP) is 3.10. The Morgan fingerprint density at radius 1 is 1.28 bits per heavy atom. The van der Waals surface area contributed by atoms with Gasteiger partial charge in [-0.05, 0) is 24.5 Å². The van der Waals surface area contributed by atoms with Crippen molar-refractivity contribution in [1.29, 1.82) is 0 Å². The fourth-order valence-electron chi connectivity index (χ4n) is 3.47. The van der Waals surface area contributed by atoms with E-state index in [1.807, 2.05) is 0 Å². The summed E-state index contributed by atoms with van der Waals surface area (Å²) in [6.45, 7) is -0.115. The number of aliphatic carboxylic acids is 1. The Morgan fingerprint density at radius 3 is 2.52 bits per heavy atom. The van der Waals surface area contributed by atoms with Crippen LogP contribution < -0.4 is 4.74 Å². The van der Waals surface area contributed by atoms with Crippen molar-refractivity contribution in [2.45, 2.75) is 38.1 Å². The Morgan fingerprint density at radius 2 is 1.92 bits per heavy atom. The Labute approximate surface area is 143 Å². The van der Waals surface area contributed by atoms with Gasteiger partial charge in [0.2, 0.25) is 0 Å². The van der Waals surface area contributed by atoms with E-state index < -0.39 is 35.3 Å². The summed E-state index contributed by atoms with van der Waals surface area (Å²) in [6.07, 6.45) is 5.55. The van der Waals surface area contributed by atoms with Crippen molar-refractivity contribution in [2.24, 2.45) is 5.92 Å². The number of hydrogen-bond acceptors (Lipinski definition) is 3. The first kappa shape index (κ1) is 17.4. The van der Waals surface area contributed by atoms with E-state index in [1.54, 1.807) is 0 Å². The average molecular weight is 351 g/mol. The van der Waals surface area contributed by atoms with E-state index in [4.69, 9.17) is 4.74 Å². The fourth-order valence-corrected chi connectivity index (χ4v) is 3.47. The lowest BCUT2D eigenvalue weighted by Crippen LogP contribution is -2.43. The summed E-state index contributed by atoms with van der Waals surface area (Å²) in [4.78, 5) is 25.0. The van der Waals surface area contributed by atoms with Gasteiger partial charge in [-0.1, -0.05) is 31.7 Å². The van der Waals surface area contributed by atoms with Crippen LogP contribution in [0, 0.1) is 17.6 Å². The molecule has 5 nitrogen and oxygen atoms in total. The zero-order valence-corrected chi connectivity index (χ0v) is 13.6. The van der Waals surface area contributed by atoms with Gasteiger partial charge in [0.25, 0.3) is 5.91 Å². The quantitative estimate of drug-likeness (QED) is 0.855. The first-order chi connectivity index (χ1) is 12.0. The molecule has 1 atom stereocenters. The van der Waals surface area contributed by atoms with E-state index in [1.165, 1.54) is 11.0 Å². The highest BCUT2D eigenvalue weighted by Crippen LogP contribution is 2.32. The number of carbonyl (C=O) groups excluding carboxylic acids is 1. The lowest BCUT2D eigenvalue weighted by Gasteiger charge is -2.26. The maximum Gasteiger partial charge on any atom is 0.326 e. The summed E-state index contributed by atoms with van der Waals surface area (Å²) < 4.78 is 32.5. The number of carboxylic acid groups (broad SMARTS) is 1. The van der Waals surface area contributed by atoms with Crippen LogP contribution in [0.3, 0.4) is 0 Å². The minimum absolute atomic E-state index is 0.0340. The number of ether oxygens (including phenoxy) is 1. The zero-order chi connectivity index (χ0) is 18.0. The summed E-state index contributed by atoms with van der Waals surface area (Å²) >= 11 is 0. The molecule has 3 rings (SSSR count).